The predicted molar refractivity (Wildman–Crippen MR) is 108 cm³/mol. The maximum atomic E-state index is 12.7. The Labute approximate surface area is 164 Å². The molecule has 0 saturated heterocycles. The SMILES string of the molecule is CCCCOCCCN(CC(C)C(=O)OC)C(=O)CCc1ccc(C)cc1. The fraction of sp³-hybridized carbons (Fsp3) is 0.636. The Bertz CT molecular complexity index is 556. The number of hydrogen-bond acceptors (Lipinski definition) is 4. The number of ether oxygens (including phenoxy) is 2. The van der Waals surface area contributed by atoms with Gasteiger partial charge in [-0.2, -0.15) is 0 Å². The zero-order chi connectivity index (χ0) is 20.1. The van der Waals surface area contributed by atoms with Crippen LogP contribution < -0.4 is 0 Å². The molecule has 0 aliphatic rings. The molecule has 1 aromatic carbocycles. The van der Waals surface area contributed by atoms with Crippen molar-refractivity contribution in [3.63, 3.8) is 0 Å². The molecular weight excluding hydrogens is 342 g/mol. The highest BCUT2D eigenvalue weighted by Crippen LogP contribution is 2.10. The van der Waals surface area contributed by atoms with Crippen LogP contribution in [0.4, 0.5) is 0 Å². The molecule has 0 N–H and O–H groups in total. The summed E-state index contributed by atoms with van der Waals surface area (Å²) in [6, 6.07) is 8.24. The number of nitrogens with zero attached hydrogens (tertiary/aromatic N) is 1. The molecule has 0 spiro atoms. The van der Waals surface area contributed by atoms with Gasteiger partial charge in [-0.05, 0) is 31.7 Å². The molecule has 0 radical (unpaired) electrons. The van der Waals surface area contributed by atoms with Crippen molar-refractivity contribution in [2.45, 2.75) is 52.9 Å². The van der Waals surface area contributed by atoms with Gasteiger partial charge in [0, 0.05) is 32.7 Å². The average Bonchev–Trinajstić information content (AvgIpc) is 2.68. The smallest absolute Gasteiger partial charge is 0.310 e. The number of amides is 1. The van der Waals surface area contributed by atoms with Crippen molar-refractivity contribution in [2.75, 3.05) is 33.4 Å². The highest BCUT2D eigenvalue weighted by molar-refractivity contribution is 5.78. The lowest BCUT2D eigenvalue weighted by molar-refractivity contribution is -0.146. The predicted octanol–water partition coefficient (Wildman–Crippen LogP) is 3.77. The van der Waals surface area contributed by atoms with Crippen molar-refractivity contribution in [1.82, 2.24) is 4.90 Å². The second-order valence-corrected chi connectivity index (χ2v) is 7.07. The van der Waals surface area contributed by atoms with E-state index in [0.717, 1.165) is 31.4 Å². The molecule has 0 fully saturated rings. The minimum absolute atomic E-state index is 0.0693. The Morgan fingerprint density at radius 1 is 1.11 bits per heavy atom. The number of aryl methyl sites for hydroxylation is 2. The first kappa shape index (κ1) is 23.2. The van der Waals surface area contributed by atoms with E-state index in [2.05, 4.69) is 31.2 Å². The number of esters is 1. The summed E-state index contributed by atoms with van der Waals surface area (Å²) in [6.45, 7) is 8.35. The fourth-order valence-corrected chi connectivity index (χ4v) is 2.79. The molecule has 1 atom stereocenters. The third-order valence-electron chi connectivity index (χ3n) is 4.56. The molecule has 1 unspecified atom stereocenters. The van der Waals surface area contributed by atoms with Gasteiger partial charge in [-0.1, -0.05) is 50.1 Å². The minimum atomic E-state index is -0.334. The average molecular weight is 378 g/mol. The standard InChI is InChI=1S/C22H35NO4/c1-5-6-15-27-16-7-14-23(17-19(3)22(25)26-4)21(24)13-12-20-10-8-18(2)9-11-20/h8-11,19H,5-7,12-17H2,1-4H3. The Hall–Kier alpha value is -1.88. The lowest BCUT2D eigenvalue weighted by Gasteiger charge is -2.25. The fourth-order valence-electron chi connectivity index (χ4n) is 2.79. The van der Waals surface area contributed by atoms with Crippen LogP contribution in [-0.4, -0.2) is 50.2 Å². The first-order valence-corrected chi connectivity index (χ1v) is 9.96. The van der Waals surface area contributed by atoms with Gasteiger partial charge in [0.15, 0.2) is 0 Å². The van der Waals surface area contributed by atoms with Crippen LogP contribution in [0, 0.1) is 12.8 Å². The first-order chi connectivity index (χ1) is 13.0. The van der Waals surface area contributed by atoms with Gasteiger partial charge in [0.05, 0.1) is 13.0 Å². The van der Waals surface area contributed by atoms with Crippen LogP contribution >= 0.6 is 0 Å². The molecule has 0 saturated carbocycles. The van der Waals surface area contributed by atoms with Gasteiger partial charge < -0.3 is 14.4 Å². The van der Waals surface area contributed by atoms with E-state index in [9.17, 15) is 9.59 Å². The second kappa shape index (κ2) is 13.3. The van der Waals surface area contributed by atoms with Gasteiger partial charge >= 0.3 is 5.97 Å². The minimum Gasteiger partial charge on any atom is -0.469 e. The summed E-state index contributed by atoms with van der Waals surface area (Å²) in [6.07, 6.45) is 4.08. The van der Waals surface area contributed by atoms with Gasteiger partial charge in [-0.15, -0.1) is 0 Å². The van der Waals surface area contributed by atoms with E-state index in [-0.39, 0.29) is 17.8 Å². The molecule has 0 aliphatic heterocycles. The summed E-state index contributed by atoms with van der Waals surface area (Å²) < 4.78 is 10.4. The molecule has 1 aromatic rings. The van der Waals surface area contributed by atoms with Crippen molar-refractivity contribution < 1.29 is 19.1 Å². The van der Waals surface area contributed by atoms with Crippen LogP contribution in [-0.2, 0) is 25.5 Å². The Kier molecular flexibility index (Phi) is 11.4. The molecule has 0 heterocycles. The van der Waals surface area contributed by atoms with Crippen LogP contribution in [0.2, 0.25) is 0 Å². The number of carbonyl (C=O) groups excluding carboxylic acids is 2. The quantitative estimate of drug-likeness (QED) is 0.388. The maximum absolute atomic E-state index is 12.7. The zero-order valence-corrected chi connectivity index (χ0v) is 17.3. The molecule has 0 aromatic heterocycles. The zero-order valence-electron chi connectivity index (χ0n) is 17.3. The van der Waals surface area contributed by atoms with Gasteiger partial charge in [0.2, 0.25) is 5.91 Å². The largest absolute Gasteiger partial charge is 0.469 e. The summed E-state index contributed by atoms with van der Waals surface area (Å²) in [5.74, 6) is -0.551. The van der Waals surface area contributed by atoms with E-state index in [4.69, 9.17) is 9.47 Å². The van der Waals surface area contributed by atoms with Crippen molar-refractivity contribution >= 4 is 11.9 Å². The third kappa shape index (κ3) is 9.57. The molecule has 0 aliphatic carbocycles. The summed E-state index contributed by atoms with van der Waals surface area (Å²) in [5.41, 5.74) is 2.36. The number of hydrogen-bond donors (Lipinski definition) is 0. The normalized spacial score (nSPS) is 11.9. The van der Waals surface area contributed by atoms with Gasteiger partial charge in [-0.25, -0.2) is 0 Å². The molecule has 1 amide bonds. The van der Waals surface area contributed by atoms with E-state index < -0.39 is 0 Å². The third-order valence-corrected chi connectivity index (χ3v) is 4.56. The van der Waals surface area contributed by atoms with Gasteiger partial charge in [0.25, 0.3) is 0 Å². The lowest BCUT2D eigenvalue weighted by atomic mass is 10.1. The summed E-state index contributed by atoms with van der Waals surface area (Å²) in [5, 5.41) is 0. The summed E-state index contributed by atoms with van der Waals surface area (Å²) >= 11 is 0. The number of methoxy groups -OCH3 is 1. The maximum Gasteiger partial charge on any atom is 0.310 e. The van der Waals surface area contributed by atoms with Crippen LogP contribution in [0.1, 0.15) is 50.7 Å². The topological polar surface area (TPSA) is 55.8 Å². The molecule has 5 heteroatoms. The van der Waals surface area contributed by atoms with Crippen molar-refractivity contribution in [3.05, 3.63) is 35.4 Å². The molecular formula is C22H35NO4. The number of benzene rings is 1. The molecule has 5 nitrogen and oxygen atoms in total. The van der Waals surface area contributed by atoms with Gasteiger partial charge in [0.1, 0.15) is 0 Å². The van der Waals surface area contributed by atoms with Gasteiger partial charge in [-0.3, -0.25) is 9.59 Å². The van der Waals surface area contributed by atoms with Crippen molar-refractivity contribution in [1.29, 1.82) is 0 Å². The lowest BCUT2D eigenvalue weighted by Crippen LogP contribution is -2.38. The Morgan fingerprint density at radius 3 is 2.41 bits per heavy atom. The van der Waals surface area contributed by atoms with Crippen molar-refractivity contribution in [2.24, 2.45) is 5.92 Å². The molecule has 0 bridgehead atoms. The Morgan fingerprint density at radius 2 is 1.78 bits per heavy atom. The summed E-state index contributed by atoms with van der Waals surface area (Å²) in [4.78, 5) is 26.3. The van der Waals surface area contributed by atoms with Crippen LogP contribution in [0.15, 0.2) is 24.3 Å². The monoisotopic (exact) mass is 377 g/mol. The Balaban J connectivity index is 2.54. The van der Waals surface area contributed by atoms with E-state index in [0.29, 0.717) is 32.5 Å². The summed E-state index contributed by atoms with van der Waals surface area (Å²) in [7, 11) is 1.38. The van der Waals surface area contributed by atoms with E-state index in [1.54, 1.807) is 11.8 Å². The molecule has 1 rings (SSSR count). The molecule has 152 valence electrons. The molecule has 27 heavy (non-hydrogen) atoms. The van der Waals surface area contributed by atoms with E-state index in [1.165, 1.54) is 12.7 Å². The second-order valence-electron chi connectivity index (χ2n) is 7.07. The van der Waals surface area contributed by atoms with Crippen LogP contribution in [0.25, 0.3) is 0 Å². The highest BCUT2D eigenvalue weighted by Gasteiger charge is 2.21. The number of rotatable bonds is 13. The number of unbranched alkanes of at least 4 members (excludes halogenated alkanes) is 1. The van der Waals surface area contributed by atoms with Crippen molar-refractivity contribution in [3.8, 4) is 0 Å². The van der Waals surface area contributed by atoms with E-state index in [1.807, 2.05) is 6.92 Å². The number of carbonyl (C=O) groups is 2. The van der Waals surface area contributed by atoms with Crippen LogP contribution in [0.5, 0.6) is 0 Å². The highest BCUT2D eigenvalue weighted by atomic mass is 16.5. The van der Waals surface area contributed by atoms with E-state index >= 15 is 0 Å². The first-order valence-electron chi connectivity index (χ1n) is 9.96. The van der Waals surface area contributed by atoms with Crippen LogP contribution in [0.3, 0.4) is 0 Å².